The summed E-state index contributed by atoms with van der Waals surface area (Å²) in [4.78, 5) is 18.7. The lowest BCUT2D eigenvalue weighted by Gasteiger charge is -2.30. The highest BCUT2D eigenvalue weighted by Gasteiger charge is 2.28. The molecule has 4 aromatic heterocycles. The fraction of sp³-hybridized carbons (Fsp3) is 0.250. The first-order valence-corrected chi connectivity index (χ1v) is 9.25. The molecule has 0 N–H and O–H groups in total. The van der Waals surface area contributed by atoms with E-state index in [1.54, 1.807) is 18.5 Å². The molecular weight excluding hydrogens is 356 g/mol. The molecule has 8 heteroatoms. The van der Waals surface area contributed by atoms with Gasteiger partial charge in [-0.15, -0.1) is 10.2 Å². The van der Waals surface area contributed by atoms with Crippen LogP contribution in [0.1, 0.15) is 35.1 Å². The Kier molecular flexibility index (Phi) is 4.08. The number of piperidine rings is 1. The van der Waals surface area contributed by atoms with Crippen molar-refractivity contribution in [1.29, 1.82) is 0 Å². The van der Waals surface area contributed by atoms with Crippen LogP contribution in [-0.4, -0.2) is 48.6 Å². The van der Waals surface area contributed by atoms with E-state index >= 15 is 0 Å². The van der Waals surface area contributed by atoms with Crippen LogP contribution in [-0.2, 0) is 0 Å². The summed E-state index contributed by atoms with van der Waals surface area (Å²) < 4.78 is 7.36. The van der Waals surface area contributed by atoms with Crippen LogP contribution in [0.5, 0.6) is 0 Å². The number of hydrogen-bond acceptors (Lipinski definition) is 6. The van der Waals surface area contributed by atoms with E-state index in [1.807, 2.05) is 45.8 Å². The lowest BCUT2D eigenvalue weighted by Crippen LogP contribution is -2.38. The molecule has 0 aromatic carbocycles. The van der Waals surface area contributed by atoms with Gasteiger partial charge in [-0.05, 0) is 37.1 Å². The van der Waals surface area contributed by atoms with Crippen LogP contribution in [0, 0.1) is 0 Å². The van der Waals surface area contributed by atoms with Gasteiger partial charge in [-0.2, -0.15) is 0 Å². The second-order valence-corrected chi connectivity index (χ2v) is 6.87. The van der Waals surface area contributed by atoms with Crippen molar-refractivity contribution >= 4 is 11.6 Å². The van der Waals surface area contributed by atoms with Gasteiger partial charge in [0, 0.05) is 49.2 Å². The number of fused-ring (bicyclic) bond motifs is 1. The third-order valence-electron chi connectivity index (χ3n) is 5.16. The molecule has 0 radical (unpaired) electrons. The number of hydrogen-bond donors (Lipinski definition) is 0. The number of likely N-dealkylation sites (tertiary alicyclic amines) is 1. The smallest absolute Gasteiger partial charge is 0.276 e. The third-order valence-corrected chi connectivity index (χ3v) is 5.16. The van der Waals surface area contributed by atoms with Gasteiger partial charge in [-0.3, -0.25) is 14.2 Å². The molecule has 0 saturated carbocycles. The highest BCUT2D eigenvalue weighted by atomic mass is 16.5. The summed E-state index contributed by atoms with van der Waals surface area (Å²) in [5, 5.41) is 12.5. The average Bonchev–Trinajstić information content (AvgIpc) is 3.42. The summed E-state index contributed by atoms with van der Waals surface area (Å²) in [7, 11) is 0. The maximum atomic E-state index is 12.8. The molecule has 5 rings (SSSR count). The Hall–Kier alpha value is -3.55. The lowest BCUT2D eigenvalue weighted by atomic mass is 9.95. The Labute approximate surface area is 160 Å². The highest BCUT2D eigenvalue weighted by Crippen LogP contribution is 2.28. The van der Waals surface area contributed by atoms with Crippen molar-refractivity contribution in [2.45, 2.75) is 18.8 Å². The number of pyridine rings is 2. The maximum Gasteiger partial charge on any atom is 0.276 e. The molecule has 28 heavy (non-hydrogen) atoms. The molecule has 8 nitrogen and oxygen atoms in total. The molecule has 5 heterocycles. The van der Waals surface area contributed by atoms with E-state index in [0.717, 1.165) is 29.9 Å². The van der Waals surface area contributed by atoms with Crippen molar-refractivity contribution in [2.24, 2.45) is 0 Å². The molecule has 4 aromatic rings. The average molecular weight is 374 g/mol. The van der Waals surface area contributed by atoms with Gasteiger partial charge in [-0.1, -0.05) is 11.2 Å². The molecule has 0 aliphatic carbocycles. The Balaban J connectivity index is 1.28. The molecule has 1 aliphatic rings. The fourth-order valence-corrected chi connectivity index (χ4v) is 3.66. The Morgan fingerprint density at radius 2 is 2.00 bits per heavy atom. The predicted molar refractivity (Wildman–Crippen MR) is 101 cm³/mol. The summed E-state index contributed by atoms with van der Waals surface area (Å²) in [6.07, 6.45) is 7.04. The molecular formula is C20H18N6O2. The first kappa shape index (κ1) is 16.6. The Morgan fingerprint density at radius 1 is 1.11 bits per heavy atom. The zero-order valence-corrected chi connectivity index (χ0v) is 15.1. The standard InChI is InChI=1S/C20H18N6O2/c27-20(16-12-17(28-24-16)15-4-3-8-21-13-15)25-10-6-14(7-11-25)19-23-22-18-5-1-2-9-26(18)19/h1-5,8-9,12-14H,6-7,10-11H2. The summed E-state index contributed by atoms with van der Waals surface area (Å²) in [5.41, 5.74) is 1.97. The van der Waals surface area contributed by atoms with Crippen LogP contribution in [0.4, 0.5) is 0 Å². The van der Waals surface area contributed by atoms with Gasteiger partial charge in [0.25, 0.3) is 5.91 Å². The minimum absolute atomic E-state index is 0.108. The number of nitrogens with zero attached hydrogens (tertiary/aromatic N) is 6. The number of rotatable bonds is 3. The van der Waals surface area contributed by atoms with Gasteiger partial charge in [0.2, 0.25) is 0 Å². The summed E-state index contributed by atoms with van der Waals surface area (Å²) >= 11 is 0. The maximum absolute atomic E-state index is 12.8. The number of carbonyl (C=O) groups is 1. The second kappa shape index (κ2) is 6.88. The molecule has 140 valence electrons. The van der Waals surface area contributed by atoms with Crippen molar-refractivity contribution < 1.29 is 9.32 Å². The number of amides is 1. The van der Waals surface area contributed by atoms with Crippen molar-refractivity contribution in [3.63, 3.8) is 0 Å². The number of carbonyl (C=O) groups excluding carboxylic acids is 1. The molecule has 1 saturated heterocycles. The van der Waals surface area contributed by atoms with Crippen LogP contribution in [0.15, 0.2) is 59.5 Å². The van der Waals surface area contributed by atoms with Crippen molar-refractivity contribution in [3.8, 4) is 11.3 Å². The quantitative estimate of drug-likeness (QED) is 0.548. The molecule has 1 aliphatic heterocycles. The van der Waals surface area contributed by atoms with Gasteiger partial charge in [0.1, 0.15) is 5.82 Å². The molecule has 1 fully saturated rings. The zero-order valence-electron chi connectivity index (χ0n) is 15.1. The van der Waals surface area contributed by atoms with E-state index in [1.165, 1.54) is 0 Å². The second-order valence-electron chi connectivity index (χ2n) is 6.87. The normalized spacial score (nSPS) is 15.2. The van der Waals surface area contributed by atoms with Crippen LogP contribution in [0.2, 0.25) is 0 Å². The van der Waals surface area contributed by atoms with E-state index < -0.39 is 0 Å². The van der Waals surface area contributed by atoms with Crippen molar-refractivity contribution in [1.82, 2.24) is 29.6 Å². The topological polar surface area (TPSA) is 89.4 Å². The Bertz CT molecular complexity index is 1110. The first-order valence-electron chi connectivity index (χ1n) is 9.25. The Morgan fingerprint density at radius 3 is 2.82 bits per heavy atom. The van der Waals surface area contributed by atoms with Crippen LogP contribution in [0.3, 0.4) is 0 Å². The third kappa shape index (κ3) is 2.92. The fourth-order valence-electron chi connectivity index (χ4n) is 3.66. The summed E-state index contributed by atoms with van der Waals surface area (Å²) in [6.45, 7) is 1.31. The largest absolute Gasteiger partial charge is 0.355 e. The molecule has 0 spiro atoms. The molecule has 1 amide bonds. The van der Waals surface area contributed by atoms with E-state index in [0.29, 0.717) is 24.5 Å². The minimum atomic E-state index is -0.108. The molecule has 0 atom stereocenters. The number of aromatic nitrogens is 5. The van der Waals surface area contributed by atoms with Gasteiger partial charge >= 0.3 is 0 Å². The summed E-state index contributed by atoms with van der Waals surface area (Å²) in [6, 6.07) is 11.2. The van der Waals surface area contributed by atoms with Crippen LogP contribution < -0.4 is 0 Å². The lowest BCUT2D eigenvalue weighted by molar-refractivity contribution is 0.0700. The van der Waals surface area contributed by atoms with E-state index in [2.05, 4.69) is 20.3 Å². The molecule has 0 bridgehead atoms. The minimum Gasteiger partial charge on any atom is -0.355 e. The SMILES string of the molecule is O=C(c1cc(-c2cccnc2)on1)N1CCC(c2nnc3ccccn23)CC1. The molecule has 0 unspecified atom stereocenters. The summed E-state index contributed by atoms with van der Waals surface area (Å²) in [5.74, 6) is 1.68. The van der Waals surface area contributed by atoms with Gasteiger partial charge in [0.15, 0.2) is 17.1 Å². The van der Waals surface area contributed by atoms with Crippen molar-refractivity contribution in [3.05, 3.63) is 66.5 Å². The van der Waals surface area contributed by atoms with Gasteiger partial charge in [-0.25, -0.2) is 0 Å². The highest BCUT2D eigenvalue weighted by molar-refractivity contribution is 5.93. The van der Waals surface area contributed by atoms with Gasteiger partial charge < -0.3 is 9.42 Å². The monoisotopic (exact) mass is 374 g/mol. The zero-order chi connectivity index (χ0) is 18.9. The van der Waals surface area contributed by atoms with E-state index in [-0.39, 0.29) is 11.8 Å². The van der Waals surface area contributed by atoms with E-state index in [4.69, 9.17) is 4.52 Å². The van der Waals surface area contributed by atoms with Crippen molar-refractivity contribution in [2.75, 3.05) is 13.1 Å². The first-order chi connectivity index (χ1) is 13.8. The van der Waals surface area contributed by atoms with Crippen LogP contribution >= 0.6 is 0 Å². The predicted octanol–water partition coefficient (Wildman–Crippen LogP) is 2.80. The van der Waals surface area contributed by atoms with Crippen LogP contribution in [0.25, 0.3) is 17.0 Å². The van der Waals surface area contributed by atoms with E-state index in [9.17, 15) is 4.79 Å². The van der Waals surface area contributed by atoms with Gasteiger partial charge in [0.05, 0.1) is 0 Å².